The first-order valence-corrected chi connectivity index (χ1v) is 12.3. The number of aromatic nitrogens is 8. The van der Waals surface area contributed by atoms with Gasteiger partial charge in [-0.1, -0.05) is 13.8 Å². The molecule has 0 fully saturated rings. The molecule has 0 radical (unpaired) electrons. The van der Waals surface area contributed by atoms with E-state index in [2.05, 4.69) is 65.2 Å². The minimum Gasteiger partial charge on any atom is -0.382 e. The van der Waals surface area contributed by atoms with Gasteiger partial charge in [0.05, 0.1) is 17.1 Å². The second-order valence-corrected chi connectivity index (χ2v) is 9.39. The third-order valence-electron chi connectivity index (χ3n) is 5.33. The molecule has 1 N–H and O–H groups in total. The van der Waals surface area contributed by atoms with Crippen LogP contribution in [0.4, 0.5) is 0 Å². The number of aryl methyl sites for hydroxylation is 6. The van der Waals surface area contributed by atoms with Crippen LogP contribution in [0.25, 0.3) is 0 Å². The summed E-state index contributed by atoms with van der Waals surface area (Å²) in [5.41, 5.74) is 6.03. The second-order valence-electron chi connectivity index (χ2n) is 7.89. The summed E-state index contributed by atoms with van der Waals surface area (Å²) in [5, 5.41) is 27.5. The summed E-state index contributed by atoms with van der Waals surface area (Å²) in [6.07, 6.45) is 5.81. The third-order valence-corrected chi connectivity index (χ3v) is 6.61. The van der Waals surface area contributed by atoms with Gasteiger partial charge >= 0.3 is 0 Å². The fourth-order valence-electron chi connectivity index (χ4n) is 3.53. The molecule has 0 saturated heterocycles. The summed E-state index contributed by atoms with van der Waals surface area (Å²) >= 11 is 6.80. The fraction of sp³-hybridized carbons (Fsp3) is 0.455. The lowest BCUT2D eigenvalue weighted by Crippen LogP contribution is -2.06. The van der Waals surface area contributed by atoms with Crippen molar-refractivity contribution in [2.75, 3.05) is 0 Å². The molecule has 0 saturated carbocycles. The van der Waals surface area contributed by atoms with E-state index in [4.69, 9.17) is 0 Å². The highest BCUT2D eigenvalue weighted by Crippen LogP contribution is 2.27. The average Bonchev–Trinajstić information content (AvgIpc) is 3.49. The van der Waals surface area contributed by atoms with Crippen molar-refractivity contribution in [1.82, 2.24) is 39.1 Å². The molecule has 1 unspecified atom stereocenters. The van der Waals surface area contributed by atoms with Crippen LogP contribution < -0.4 is 0 Å². The molecule has 0 bridgehead atoms. The Balaban J connectivity index is 0.000000186. The van der Waals surface area contributed by atoms with Crippen molar-refractivity contribution in [3.8, 4) is 0 Å². The zero-order valence-electron chi connectivity index (χ0n) is 19.8. The molecule has 4 aromatic heterocycles. The van der Waals surface area contributed by atoms with E-state index in [9.17, 15) is 5.11 Å². The van der Waals surface area contributed by atoms with Gasteiger partial charge in [0.2, 0.25) is 0 Å². The lowest BCUT2D eigenvalue weighted by Gasteiger charge is -2.08. The Morgan fingerprint density at radius 3 is 1.88 bits per heavy atom. The molecular weight excluding hydrogens is 552 g/mol. The van der Waals surface area contributed by atoms with Gasteiger partial charge in [0.15, 0.2) is 0 Å². The predicted molar refractivity (Wildman–Crippen MR) is 134 cm³/mol. The predicted octanol–water partition coefficient (Wildman–Crippen LogP) is 3.63. The first kappa shape index (κ1) is 25.4. The topological polar surface area (TPSA) is 91.5 Å². The summed E-state index contributed by atoms with van der Waals surface area (Å²) in [6, 6.07) is 4.07. The minimum absolute atomic E-state index is 0.659. The number of aliphatic hydroxyl groups is 1. The third kappa shape index (κ3) is 6.01. The van der Waals surface area contributed by atoms with Crippen LogP contribution in [0.15, 0.2) is 33.7 Å². The summed E-state index contributed by atoms with van der Waals surface area (Å²) < 4.78 is 8.71. The lowest BCUT2D eigenvalue weighted by atomic mass is 10.1. The normalized spacial score (nSPS) is 12.0. The lowest BCUT2D eigenvalue weighted by molar-refractivity contribution is 0.209. The maximum Gasteiger partial charge on any atom is 0.134 e. The van der Waals surface area contributed by atoms with Crippen molar-refractivity contribution < 1.29 is 5.11 Å². The summed E-state index contributed by atoms with van der Waals surface area (Å²) in [7, 11) is 7.57. The first-order chi connectivity index (χ1) is 15.6. The zero-order chi connectivity index (χ0) is 24.3. The smallest absolute Gasteiger partial charge is 0.134 e. The van der Waals surface area contributed by atoms with E-state index < -0.39 is 6.10 Å². The van der Waals surface area contributed by atoms with E-state index in [1.54, 1.807) is 15.6 Å². The number of hydrogen-bond acceptors (Lipinski definition) is 5. The van der Waals surface area contributed by atoms with Gasteiger partial charge < -0.3 is 5.11 Å². The highest BCUT2D eigenvalue weighted by molar-refractivity contribution is 9.10. The number of hydrogen-bond donors (Lipinski definition) is 1. The maximum atomic E-state index is 10.3. The van der Waals surface area contributed by atoms with Gasteiger partial charge in [-0.3, -0.25) is 18.7 Å². The number of halogens is 2. The molecule has 33 heavy (non-hydrogen) atoms. The van der Waals surface area contributed by atoms with Crippen LogP contribution in [0.1, 0.15) is 53.9 Å². The highest BCUT2D eigenvalue weighted by atomic mass is 79.9. The largest absolute Gasteiger partial charge is 0.382 e. The van der Waals surface area contributed by atoms with E-state index in [1.165, 1.54) is 11.3 Å². The van der Waals surface area contributed by atoms with Crippen LogP contribution in [0.3, 0.4) is 0 Å². The molecule has 4 aromatic rings. The van der Waals surface area contributed by atoms with Crippen LogP contribution in [0.2, 0.25) is 0 Å². The van der Waals surface area contributed by atoms with Gasteiger partial charge in [0.25, 0.3) is 0 Å². The van der Waals surface area contributed by atoms with Crippen LogP contribution in [-0.2, 0) is 47.5 Å². The molecule has 9 nitrogen and oxygen atoms in total. The molecule has 4 rings (SSSR count). The summed E-state index contributed by atoms with van der Waals surface area (Å²) in [6.45, 7) is 4.16. The van der Waals surface area contributed by atoms with Crippen LogP contribution in [0.5, 0.6) is 0 Å². The van der Waals surface area contributed by atoms with Gasteiger partial charge in [-0.25, -0.2) is 0 Å². The van der Waals surface area contributed by atoms with Gasteiger partial charge in [0.1, 0.15) is 15.3 Å². The van der Waals surface area contributed by atoms with E-state index in [0.29, 0.717) is 4.60 Å². The van der Waals surface area contributed by atoms with Crippen LogP contribution >= 0.6 is 31.9 Å². The number of nitrogens with zero attached hydrogens (tertiary/aromatic N) is 8. The van der Waals surface area contributed by atoms with E-state index >= 15 is 0 Å². The molecule has 11 heteroatoms. The van der Waals surface area contributed by atoms with Crippen LogP contribution in [0, 0.1) is 0 Å². The Labute approximate surface area is 210 Å². The van der Waals surface area contributed by atoms with E-state index in [-0.39, 0.29) is 0 Å². The Morgan fingerprint density at radius 1 is 0.818 bits per heavy atom. The van der Waals surface area contributed by atoms with Gasteiger partial charge in [-0.15, -0.1) is 0 Å². The van der Waals surface area contributed by atoms with Crippen molar-refractivity contribution >= 4 is 31.9 Å². The zero-order valence-corrected chi connectivity index (χ0v) is 23.0. The van der Waals surface area contributed by atoms with Gasteiger partial charge in [-0.2, -0.15) is 20.4 Å². The molecule has 0 aliphatic rings. The highest BCUT2D eigenvalue weighted by Gasteiger charge is 2.20. The molecule has 1 atom stereocenters. The van der Waals surface area contributed by atoms with Crippen molar-refractivity contribution in [2.24, 2.45) is 28.2 Å². The van der Waals surface area contributed by atoms with Gasteiger partial charge in [0, 0.05) is 63.8 Å². The average molecular weight is 582 g/mol. The van der Waals surface area contributed by atoms with Crippen molar-refractivity contribution in [3.05, 3.63) is 67.6 Å². The van der Waals surface area contributed by atoms with E-state index in [1.807, 2.05) is 56.7 Å². The molecule has 4 heterocycles. The van der Waals surface area contributed by atoms with Crippen molar-refractivity contribution in [2.45, 2.75) is 39.2 Å². The molecule has 178 valence electrons. The SMILES string of the molecule is CCc1cc(C(O)c2cn(C)nc2Br)n(C)n1.CCc1cc(Cc2cn(C)nc2Br)n(C)n1. The number of aliphatic hydroxyl groups excluding tert-OH is 1. The fourth-order valence-corrected chi connectivity index (χ4v) is 4.59. The van der Waals surface area contributed by atoms with E-state index in [0.717, 1.165) is 46.5 Å². The van der Waals surface area contributed by atoms with Crippen molar-refractivity contribution in [3.63, 3.8) is 0 Å². The monoisotopic (exact) mass is 580 g/mol. The number of rotatable bonds is 6. The standard InChI is InChI=1S/C11H15BrN4O.C11H15BrN4/c1-4-7-5-9(16(3)13-7)10(17)8-6-15(2)14-11(8)12;1-4-9-6-10(16(3)13-9)5-8-7-15(2)14-11(8)12/h5-6,10,17H,4H2,1-3H3;6-7H,4-5H2,1-3H3. The second kappa shape index (κ2) is 10.8. The molecule has 0 amide bonds. The summed E-state index contributed by atoms with van der Waals surface area (Å²) in [4.78, 5) is 0. The first-order valence-electron chi connectivity index (χ1n) is 10.7. The Bertz CT molecular complexity index is 1220. The quantitative estimate of drug-likeness (QED) is 0.375. The van der Waals surface area contributed by atoms with Crippen LogP contribution in [-0.4, -0.2) is 44.2 Å². The van der Waals surface area contributed by atoms with Gasteiger partial charge in [-0.05, 0) is 56.8 Å². The minimum atomic E-state index is -0.712. The Morgan fingerprint density at radius 2 is 1.39 bits per heavy atom. The molecular formula is C22H30Br2N8O. The molecule has 0 aliphatic carbocycles. The summed E-state index contributed by atoms with van der Waals surface area (Å²) in [5.74, 6) is 0. The Hall–Kier alpha value is -2.24. The maximum absolute atomic E-state index is 10.3. The molecule has 0 aromatic carbocycles. The van der Waals surface area contributed by atoms with Crippen molar-refractivity contribution in [1.29, 1.82) is 0 Å². The molecule has 0 aliphatic heterocycles. The Kier molecular flexibility index (Phi) is 8.30. The molecule has 0 spiro atoms.